The van der Waals surface area contributed by atoms with Crippen LogP contribution in [0.5, 0.6) is 0 Å². The lowest BCUT2D eigenvalue weighted by atomic mass is 10.0. The van der Waals surface area contributed by atoms with E-state index in [-0.39, 0.29) is 5.91 Å². The summed E-state index contributed by atoms with van der Waals surface area (Å²) in [6.07, 6.45) is 3.43. The molecule has 26 heavy (non-hydrogen) atoms. The molecular weight excluding hydrogens is 328 g/mol. The molecule has 1 amide bonds. The molecule has 3 heterocycles. The maximum atomic E-state index is 12.9. The second-order valence-electron chi connectivity index (χ2n) is 6.09. The van der Waals surface area contributed by atoms with Crippen molar-refractivity contribution in [3.05, 3.63) is 71.7 Å². The van der Waals surface area contributed by atoms with Gasteiger partial charge in [-0.3, -0.25) is 9.78 Å². The highest BCUT2D eigenvalue weighted by Gasteiger charge is 2.16. The summed E-state index contributed by atoms with van der Waals surface area (Å²) in [5, 5.41) is 7.40. The van der Waals surface area contributed by atoms with Gasteiger partial charge in [-0.15, -0.1) is 0 Å². The van der Waals surface area contributed by atoms with Crippen LogP contribution in [-0.2, 0) is 0 Å². The summed E-state index contributed by atoms with van der Waals surface area (Å²) in [5.74, 6) is 0.751. The van der Waals surface area contributed by atoms with E-state index in [9.17, 15) is 4.79 Å². The maximum Gasteiger partial charge on any atom is 0.257 e. The molecule has 4 rings (SSSR count). The van der Waals surface area contributed by atoms with Crippen LogP contribution in [0, 0.1) is 13.8 Å². The van der Waals surface area contributed by atoms with Gasteiger partial charge in [0.1, 0.15) is 5.76 Å². The van der Waals surface area contributed by atoms with Crippen LogP contribution in [0.3, 0.4) is 0 Å². The van der Waals surface area contributed by atoms with Crippen molar-refractivity contribution in [2.24, 2.45) is 0 Å². The van der Waals surface area contributed by atoms with Gasteiger partial charge in [0.15, 0.2) is 5.82 Å². The van der Waals surface area contributed by atoms with Crippen LogP contribution in [0.2, 0.25) is 0 Å². The molecule has 0 aliphatic carbocycles. The number of pyridine rings is 2. The highest BCUT2D eigenvalue weighted by molar-refractivity contribution is 6.12. The smallest absolute Gasteiger partial charge is 0.257 e. The molecule has 3 aromatic heterocycles. The number of carbonyl (C=O) groups excluding carboxylic acids is 1. The van der Waals surface area contributed by atoms with Crippen LogP contribution in [-0.4, -0.2) is 21.0 Å². The molecule has 0 fully saturated rings. The Kier molecular flexibility index (Phi) is 3.93. The Morgan fingerprint density at radius 1 is 1.12 bits per heavy atom. The van der Waals surface area contributed by atoms with Gasteiger partial charge in [0.05, 0.1) is 16.8 Å². The van der Waals surface area contributed by atoms with Crippen molar-refractivity contribution in [1.82, 2.24) is 15.1 Å². The van der Waals surface area contributed by atoms with E-state index in [1.54, 1.807) is 31.5 Å². The van der Waals surface area contributed by atoms with Gasteiger partial charge < -0.3 is 9.84 Å². The number of carbonyl (C=O) groups is 1. The van der Waals surface area contributed by atoms with E-state index in [2.05, 4.69) is 20.4 Å². The Hall–Kier alpha value is -3.54. The zero-order valence-corrected chi connectivity index (χ0v) is 14.4. The van der Waals surface area contributed by atoms with Crippen LogP contribution >= 0.6 is 0 Å². The zero-order valence-electron chi connectivity index (χ0n) is 14.4. The maximum absolute atomic E-state index is 12.9. The van der Waals surface area contributed by atoms with Crippen LogP contribution in [0.4, 0.5) is 5.82 Å². The lowest BCUT2D eigenvalue weighted by Gasteiger charge is -2.10. The topological polar surface area (TPSA) is 80.9 Å². The molecule has 0 aliphatic heterocycles. The number of hydrogen-bond acceptors (Lipinski definition) is 5. The Balaban J connectivity index is 1.85. The summed E-state index contributed by atoms with van der Waals surface area (Å²) in [5.41, 5.74) is 3.87. The average Bonchev–Trinajstić information content (AvgIpc) is 3.06. The molecular formula is C20H16N4O2. The van der Waals surface area contributed by atoms with Crippen LogP contribution in [0.25, 0.3) is 22.2 Å². The highest BCUT2D eigenvalue weighted by Crippen LogP contribution is 2.26. The summed E-state index contributed by atoms with van der Waals surface area (Å²) >= 11 is 0. The molecule has 6 heteroatoms. The number of aromatic nitrogens is 3. The van der Waals surface area contributed by atoms with Crippen molar-refractivity contribution < 1.29 is 9.32 Å². The third-order valence-electron chi connectivity index (χ3n) is 4.04. The number of rotatable bonds is 3. The fourth-order valence-electron chi connectivity index (χ4n) is 2.80. The van der Waals surface area contributed by atoms with Crippen molar-refractivity contribution in [2.75, 3.05) is 5.32 Å². The fourth-order valence-corrected chi connectivity index (χ4v) is 2.80. The number of nitrogens with one attached hydrogen (secondary N) is 1. The molecule has 0 saturated heterocycles. The van der Waals surface area contributed by atoms with Gasteiger partial charge in [0, 0.05) is 29.4 Å². The number of amides is 1. The summed E-state index contributed by atoms with van der Waals surface area (Å²) in [6.45, 7) is 3.76. The Morgan fingerprint density at radius 3 is 2.73 bits per heavy atom. The largest absolute Gasteiger partial charge is 0.360 e. The van der Waals surface area contributed by atoms with E-state index in [1.165, 1.54) is 0 Å². The number of benzene rings is 1. The van der Waals surface area contributed by atoms with Gasteiger partial charge in [0.2, 0.25) is 0 Å². The van der Waals surface area contributed by atoms with Crippen molar-refractivity contribution in [3.63, 3.8) is 0 Å². The number of nitrogens with zero attached hydrogens (tertiary/aromatic N) is 3. The zero-order chi connectivity index (χ0) is 18.1. The number of hydrogen-bond donors (Lipinski definition) is 1. The highest BCUT2D eigenvalue weighted by atomic mass is 16.5. The minimum absolute atomic E-state index is 0.263. The molecule has 1 aromatic carbocycles. The third-order valence-corrected chi connectivity index (χ3v) is 4.04. The van der Waals surface area contributed by atoms with Gasteiger partial charge in [-0.2, -0.15) is 0 Å². The standard InChI is InChI=1S/C20H16N4O2/c1-12-5-6-17-15(8-12)16(20(25)23-19-9-13(2)26-24-19)10-18(22-17)14-4-3-7-21-11-14/h3-11H,1-2H3,(H,23,24,25). The van der Waals surface area contributed by atoms with Crippen LogP contribution < -0.4 is 5.32 Å². The van der Waals surface area contributed by atoms with Crippen molar-refractivity contribution in [1.29, 1.82) is 0 Å². The van der Waals surface area contributed by atoms with E-state index >= 15 is 0 Å². The molecule has 0 bridgehead atoms. The lowest BCUT2D eigenvalue weighted by Crippen LogP contribution is -2.13. The second-order valence-corrected chi connectivity index (χ2v) is 6.09. The predicted molar refractivity (Wildman–Crippen MR) is 98.9 cm³/mol. The summed E-state index contributed by atoms with van der Waals surface area (Å²) in [6, 6.07) is 13.1. The van der Waals surface area contributed by atoms with E-state index in [0.717, 1.165) is 22.0 Å². The van der Waals surface area contributed by atoms with Gasteiger partial charge in [-0.05, 0) is 44.2 Å². The molecule has 0 radical (unpaired) electrons. The first-order valence-corrected chi connectivity index (χ1v) is 8.16. The molecule has 0 spiro atoms. The molecule has 0 atom stereocenters. The average molecular weight is 344 g/mol. The molecule has 0 aliphatic rings. The minimum Gasteiger partial charge on any atom is -0.360 e. The quantitative estimate of drug-likeness (QED) is 0.604. The third kappa shape index (κ3) is 3.04. The SMILES string of the molecule is Cc1ccc2nc(-c3cccnc3)cc(C(=O)Nc3cc(C)on3)c2c1. The number of fused-ring (bicyclic) bond motifs is 1. The summed E-state index contributed by atoms with van der Waals surface area (Å²) < 4.78 is 5.02. The van der Waals surface area contributed by atoms with Gasteiger partial charge in [-0.25, -0.2) is 4.98 Å². The lowest BCUT2D eigenvalue weighted by molar-refractivity contribution is 0.102. The number of aryl methyl sites for hydroxylation is 2. The molecule has 128 valence electrons. The number of anilines is 1. The van der Waals surface area contributed by atoms with Crippen LogP contribution in [0.1, 0.15) is 21.7 Å². The Morgan fingerprint density at radius 2 is 2.00 bits per heavy atom. The normalized spacial score (nSPS) is 10.8. The van der Waals surface area contributed by atoms with Crippen LogP contribution in [0.15, 0.2) is 59.4 Å². The molecule has 0 unspecified atom stereocenters. The Bertz CT molecular complexity index is 1100. The monoisotopic (exact) mass is 344 g/mol. The molecule has 1 N–H and O–H groups in total. The predicted octanol–water partition coefficient (Wildman–Crippen LogP) is 4.15. The molecule has 6 nitrogen and oxygen atoms in total. The fraction of sp³-hybridized carbons (Fsp3) is 0.100. The Labute approximate surface area is 149 Å². The van der Waals surface area contributed by atoms with Crippen molar-refractivity contribution >= 4 is 22.6 Å². The van der Waals surface area contributed by atoms with Gasteiger partial charge >= 0.3 is 0 Å². The first-order valence-electron chi connectivity index (χ1n) is 8.16. The van der Waals surface area contributed by atoms with Gasteiger partial charge in [-0.1, -0.05) is 16.8 Å². The second kappa shape index (κ2) is 6.40. The molecule has 4 aromatic rings. The minimum atomic E-state index is -0.263. The van der Waals surface area contributed by atoms with Gasteiger partial charge in [0.25, 0.3) is 5.91 Å². The summed E-state index contributed by atoms with van der Waals surface area (Å²) in [7, 11) is 0. The van der Waals surface area contributed by atoms with Crippen molar-refractivity contribution in [2.45, 2.75) is 13.8 Å². The van der Waals surface area contributed by atoms with E-state index in [0.29, 0.717) is 22.8 Å². The van der Waals surface area contributed by atoms with E-state index in [4.69, 9.17) is 4.52 Å². The first kappa shape index (κ1) is 16.0. The first-order chi connectivity index (χ1) is 12.6. The molecule has 0 saturated carbocycles. The van der Waals surface area contributed by atoms with Crippen molar-refractivity contribution in [3.8, 4) is 11.3 Å². The summed E-state index contributed by atoms with van der Waals surface area (Å²) in [4.78, 5) is 21.7. The van der Waals surface area contributed by atoms with E-state index in [1.807, 2.05) is 37.3 Å². The van der Waals surface area contributed by atoms with E-state index < -0.39 is 0 Å².